The summed E-state index contributed by atoms with van der Waals surface area (Å²) < 4.78 is 0. The zero-order chi connectivity index (χ0) is 20.3. The zero-order valence-corrected chi connectivity index (χ0v) is 17.3. The number of hydrogen-bond acceptors (Lipinski definition) is 4. The van der Waals surface area contributed by atoms with Gasteiger partial charge in [0.25, 0.3) is 0 Å². The van der Waals surface area contributed by atoms with E-state index in [0.29, 0.717) is 5.92 Å². The van der Waals surface area contributed by atoms with Crippen LogP contribution >= 0.6 is 0 Å². The molecule has 1 aliphatic heterocycles. The van der Waals surface area contributed by atoms with Crippen molar-refractivity contribution >= 4 is 23.7 Å². The second-order valence-electron chi connectivity index (χ2n) is 8.22. The van der Waals surface area contributed by atoms with Crippen LogP contribution < -0.4 is 10.4 Å². The van der Waals surface area contributed by atoms with Crippen molar-refractivity contribution in [3.63, 3.8) is 0 Å². The minimum Gasteiger partial charge on any atom is -0.292 e. The molecule has 0 amide bonds. The van der Waals surface area contributed by atoms with Crippen molar-refractivity contribution in [2.24, 2.45) is 4.99 Å². The monoisotopic (exact) mass is 394 g/mol. The molecule has 4 heteroatoms. The van der Waals surface area contributed by atoms with Crippen molar-refractivity contribution in [2.75, 3.05) is 6.54 Å². The highest BCUT2D eigenvalue weighted by atomic mass is 15.2. The zero-order valence-electron chi connectivity index (χ0n) is 17.3. The van der Waals surface area contributed by atoms with Crippen molar-refractivity contribution in [2.45, 2.75) is 38.8 Å². The average molecular weight is 395 g/mol. The van der Waals surface area contributed by atoms with Crippen LogP contribution in [-0.4, -0.2) is 27.1 Å². The molecule has 1 aromatic heterocycles. The van der Waals surface area contributed by atoms with E-state index in [1.807, 2.05) is 0 Å². The summed E-state index contributed by atoms with van der Waals surface area (Å²) in [4.78, 5) is 16.5. The molecule has 0 saturated carbocycles. The number of aliphatic imine (C=N–C) groups is 1. The van der Waals surface area contributed by atoms with Crippen LogP contribution in [0.5, 0.6) is 0 Å². The van der Waals surface area contributed by atoms with Crippen LogP contribution in [0.15, 0.2) is 65.9 Å². The highest BCUT2D eigenvalue weighted by Gasteiger charge is 2.25. The van der Waals surface area contributed by atoms with E-state index >= 15 is 0 Å². The predicted molar refractivity (Wildman–Crippen MR) is 122 cm³/mol. The van der Waals surface area contributed by atoms with Gasteiger partial charge < -0.3 is 0 Å². The standard InChI is InChI=1S/C26H26N4/c1-19(20-8-3-2-4-9-20)15-30-16-24-25(17-30)27-18-28-26(24)29-23-13-7-12-21-10-5-6-11-22(21)14-23/h2-6,8-12,14,18-19H,7,13,15-17H2,1H3. The molecule has 0 radical (unpaired) electrons. The Kier molecular flexibility index (Phi) is 5.24. The Morgan fingerprint density at radius 3 is 2.63 bits per heavy atom. The molecule has 3 aromatic rings. The Hall–Kier alpha value is -3.11. The molecule has 5 rings (SSSR count). The van der Waals surface area contributed by atoms with Gasteiger partial charge in [-0.05, 0) is 40.8 Å². The maximum Gasteiger partial charge on any atom is 0.160 e. The smallest absolute Gasteiger partial charge is 0.160 e. The lowest BCUT2D eigenvalue weighted by Crippen LogP contribution is -2.23. The molecule has 2 heterocycles. The number of nitrogens with zero attached hydrogens (tertiary/aromatic N) is 4. The number of fused-ring (bicyclic) bond motifs is 2. The minimum absolute atomic E-state index is 0.477. The normalized spacial score (nSPS) is 18.1. The van der Waals surface area contributed by atoms with E-state index < -0.39 is 0 Å². The van der Waals surface area contributed by atoms with Crippen LogP contribution in [-0.2, 0) is 13.1 Å². The van der Waals surface area contributed by atoms with Gasteiger partial charge in [0, 0.05) is 30.9 Å². The van der Waals surface area contributed by atoms with Crippen molar-refractivity contribution in [1.82, 2.24) is 14.9 Å². The van der Waals surface area contributed by atoms with Crippen LogP contribution in [0, 0.1) is 0 Å². The Morgan fingerprint density at radius 1 is 0.967 bits per heavy atom. The van der Waals surface area contributed by atoms with Crippen molar-refractivity contribution in [3.05, 3.63) is 88.2 Å². The maximum atomic E-state index is 4.98. The molecule has 1 aliphatic carbocycles. The molecule has 1 unspecified atom stereocenters. The van der Waals surface area contributed by atoms with Crippen LogP contribution in [0.4, 0.5) is 5.82 Å². The lowest BCUT2D eigenvalue weighted by Gasteiger charge is -2.20. The largest absolute Gasteiger partial charge is 0.292 e. The van der Waals surface area contributed by atoms with Gasteiger partial charge in [-0.3, -0.25) is 4.90 Å². The van der Waals surface area contributed by atoms with Crippen molar-refractivity contribution in [1.29, 1.82) is 0 Å². The summed E-state index contributed by atoms with van der Waals surface area (Å²) in [6, 6.07) is 19.2. The van der Waals surface area contributed by atoms with Crippen LogP contribution in [0.25, 0.3) is 12.2 Å². The fraction of sp³-hybridized carbons (Fsp3) is 0.269. The van der Waals surface area contributed by atoms with Crippen LogP contribution in [0.3, 0.4) is 0 Å². The summed E-state index contributed by atoms with van der Waals surface area (Å²) in [5.74, 6) is 1.31. The Morgan fingerprint density at radius 2 is 1.77 bits per heavy atom. The molecule has 2 aromatic carbocycles. The van der Waals surface area contributed by atoms with Gasteiger partial charge in [0.2, 0.25) is 0 Å². The second-order valence-corrected chi connectivity index (χ2v) is 8.22. The Balaban J connectivity index is 1.39. The number of aromatic nitrogens is 2. The highest BCUT2D eigenvalue weighted by Crippen LogP contribution is 2.30. The van der Waals surface area contributed by atoms with E-state index in [4.69, 9.17) is 4.99 Å². The third-order valence-electron chi connectivity index (χ3n) is 6.00. The molecular formula is C26H26N4. The maximum absolute atomic E-state index is 4.98. The minimum atomic E-state index is 0.477. The molecule has 0 saturated heterocycles. The molecule has 150 valence electrons. The molecule has 0 N–H and O–H groups in total. The van der Waals surface area contributed by atoms with Crippen LogP contribution in [0.2, 0.25) is 0 Å². The van der Waals surface area contributed by atoms with Gasteiger partial charge in [0.1, 0.15) is 6.33 Å². The fourth-order valence-corrected chi connectivity index (χ4v) is 4.41. The van der Waals surface area contributed by atoms with Gasteiger partial charge in [-0.25, -0.2) is 15.0 Å². The topological polar surface area (TPSA) is 41.4 Å². The predicted octanol–water partition coefficient (Wildman–Crippen LogP) is 3.72. The summed E-state index contributed by atoms with van der Waals surface area (Å²) in [7, 11) is 0. The van der Waals surface area contributed by atoms with Crippen molar-refractivity contribution < 1.29 is 0 Å². The first kappa shape index (κ1) is 18.9. The highest BCUT2D eigenvalue weighted by molar-refractivity contribution is 6.11. The van der Waals surface area contributed by atoms with E-state index in [0.717, 1.165) is 49.7 Å². The van der Waals surface area contributed by atoms with E-state index in [1.165, 1.54) is 21.6 Å². The lowest BCUT2D eigenvalue weighted by molar-refractivity contribution is 0.268. The molecule has 2 aliphatic rings. The van der Waals surface area contributed by atoms with Gasteiger partial charge in [-0.15, -0.1) is 0 Å². The van der Waals surface area contributed by atoms with Gasteiger partial charge in [0.15, 0.2) is 5.82 Å². The fourth-order valence-electron chi connectivity index (χ4n) is 4.41. The molecule has 0 spiro atoms. The second kappa shape index (κ2) is 8.33. The van der Waals surface area contributed by atoms with E-state index in [-0.39, 0.29) is 0 Å². The van der Waals surface area contributed by atoms with E-state index in [9.17, 15) is 0 Å². The quantitative estimate of drug-likeness (QED) is 0.677. The third-order valence-corrected chi connectivity index (χ3v) is 6.00. The van der Waals surface area contributed by atoms with E-state index in [2.05, 4.69) is 88.5 Å². The first-order chi connectivity index (χ1) is 14.8. The van der Waals surface area contributed by atoms with Gasteiger partial charge >= 0.3 is 0 Å². The first-order valence-corrected chi connectivity index (χ1v) is 10.7. The Bertz CT molecular complexity index is 1200. The molecular weight excluding hydrogens is 368 g/mol. The molecule has 0 bridgehead atoms. The summed E-state index contributed by atoms with van der Waals surface area (Å²) in [5, 5.41) is 2.52. The van der Waals surface area contributed by atoms with Crippen molar-refractivity contribution in [3.8, 4) is 0 Å². The van der Waals surface area contributed by atoms with Gasteiger partial charge in [-0.1, -0.05) is 67.6 Å². The summed E-state index contributed by atoms with van der Waals surface area (Å²) in [6.45, 7) is 5.03. The molecule has 0 fully saturated rings. The Labute approximate surface area is 177 Å². The third kappa shape index (κ3) is 3.96. The molecule has 30 heavy (non-hydrogen) atoms. The SMILES string of the molecule is CC(CN1Cc2ncnc(N=C3C=c4ccccc4=CCC3)c2C1)c1ccccc1. The summed E-state index contributed by atoms with van der Waals surface area (Å²) >= 11 is 0. The summed E-state index contributed by atoms with van der Waals surface area (Å²) in [5.41, 5.74) is 4.77. The lowest BCUT2D eigenvalue weighted by atomic mass is 10.0. The number of hydrogen-bond donors (Lipinski definition) is 0. The first-order valence-electron chi connectivity index (χ1n) is 10.7. The molecule has 1 atom stereocenters. The van der Waals surface area contributed by atoms with Gasteiger partial charge in [-0.2, -0.15) is 0 Å². The number of benzene rings is 2. The van der Waals surface area contributed by atoms with E-state index in [1.54, 1.807) is 6.33 Å². The van der Waals surface area contributed by atoms with Gasteiger partial charge in [0.05, 0.1) is 5.69 Å². The molecule has 4 nitrogen and oxygen atoms in total. The number of rotatable bonds is 4. The average Bonchev–Trinajstić information content (AvgIpc) is 3.07. The van der Waals surface area contributed by atoms with Crippen LogP contribution in [0.1, 0.15) is 42.5 Å². The summed E-state index contributed by atoms with van der Waals surface area (Å²) in [6.07, 6.45) is 8.10.